The van der Waals surface area contributed by atoms with Crippen LogP contribution in [0, 0.1) is 11.8 Å². The molecule has 0 radical (unpaired) electrons. The molecule has 0 unspecified atom stereocenters. The topological polar surface area (TPSA) is 101 Å². The van der Waals surface area contributed by atoms with Crippen LogP contribution in [0.4, 0.5) is 0 Å². The van der Waals surface area contributed by atoms with Gasteiger partial charge >= 0.3 is 5.97 Å². The molecule has 0 aromatic heterocycles. The summed E-state index contributed by atoms with van der Waals surface area (Å²) in [5.41, 5.74) is 0.190. The number of fused-ring (bicyclic) bond motifs is 1. The van der Waals surface area contributed by atoms with Crippen LogP contribution in [0.25, 0.3) is 0 Å². The number of hydrogen-bond acceptors (Lipinski definition) is 6. The van der Waals surface area contributed by atoms with E-state index in [0.29, 0.717) is 17.9 Å². The van der Waals surface area contributed by atoms with Crippen molar-refractivity contribution in [1.29, 1.82) is 0 Å². The lowest BCUT2D eigenvalue weighted by atomic mass is 9.81. The Morgan fingerprint density at radius 3 is 1.77 bits per heavy atom. The number of carbonyl (C=O) groups is 5. The quantitative estimate of drug-likeness (QED) is 0.0799. The Morgan fingerprint density at radius 2 is 1.27 bits per heavy atom. The summed E-state index contributed by atoms with van der Waals surface area (Å²) in [4.78, 5) is 67.0. The molecule has 8 nitrogen and oxygen atoms in total. The highest BCUT2D eigenvalue weighted by Gasteiger charge is 2.54. The van der Waals surface area contributed by atoms with Gasteiger partial charge in [0, 0.05) is 25.3 Å². The summed E-state index contributed by atoms with van der Waals surface area (Å²) in [5, 5.41) is 2.35. The molecule has 228 valence electrons. The van der Waals surface area contributed by atoms with Gasteiger partial charge in [0.05, 0.1) is 33.0 Å². The molecule has 3 aromatic rings. The third-order valence-electron chi connectivity index (χ3n) is 7.36. The second kappa shape index (κ2) is 13.5. The van der Waals surface area contributed by atoms with Crippen molar-refractivity contribution in [2.45, 2.75) is 22.5 Å². The predicted octanol–water partition coefficient (Wildman–Crippen LogP) is 7.68. The molecule has 0 spiro atoms. The molecule has 0 N–H and O–H groups in total. The number of imide groups is 1. The van der Waals surface area contributed by atoms with Gasteiger partial charge in [-0.25, -0.2) is 9.80 Å². The number of ketones is 1. The third-order valence-corrected chi connectivity index (χ3v) is 11.2. The van der Waals surface area contributed by atoms with Crippen molar-refractivity contribution < 1.29 is 28.7 Å². The van der Waals surface area contributed by atoms with Crippen molar-refractivity contribution in [3.63, 3.8) is 0 Å². The minimum Gasteiger partial charge on any atom is -0.423 e. The maximum Gasteiger partial charge on any atom is 0.345 e. The van der Waals surface area contributed by atoms with Crippen LogP contribution in [0.2, 0.25) is 20.1 Å². The number of ether oxygens (including phenoxy) is 1. The van der Waals surface area contributed by atoms with Crippen molar-refractivity contribution in [2.24, 2.45) is 11.8 Å². The van der Waals surface area contributed by atoms with Gasteiger partial charge in [-0.1, -0.05) is 78.3 Å². The number of hydrogen-bond donors (Lipinski definition) is 0. The van der Waals surface area contributed by atoms with Gasteiger partial charge in [-0.3, -0.25) is 19.2 Å². The zero-order valence-electron chi connectivity index (χ0n) is 22.3. The summed E-state index contributed by atoms with van der Waals surface area (Å²) in [7, 11) is 0. The fourth-order valence-electron chi connectivity index (χ4n) is 5.10. The van der Waals surface area contributed by atoms with Gasteiger partial charge in [0.15, 0.2) is 5.78 Å². The summed E-state index contributed by atoms with van der Waals surface area (Å²) in [6, 6.07) is 14.1. The van der Waals surface area contributed by atoms with E-state index in [9.17, 15) is 24.0 Å². The first-order valence-corrected chi connectivity index (χ1v) is 16.4. The Balaban J connectivity index is 1.40. The Bertz CT molecular complexity index is 1660. The largest absolute Gasteiger partial charge is 0.423 e. The third kappa shape index (κ3) is 6.71. The summed E-state index contributed by atoms with van der Waals surface area (Å²) >= 11 is 31.4. The average molecular weight is 806 g/mol. The lowest BCUT2D eigenvalue weighted by Gasteiger charge is -2.30. The first kappa shape index (κ1) is 32.9. The average Bonchev–Trinajstić information content (AvgIpc) is 3.20. The van der Waals surface area contributed by atoms with Gasteiger partial charge in [-0.05, 0) is 73.5 Å². The van der Waals surface area contributed by atoms with Crippen LogP contribution in [0.3, 0.4) is 0 Å². The molecule has 1 saturated heterocycles. The first-order valence-electron chi connectivity index (χ1n) is 13.1. The first-order chi connectivity index (χ1) is 20.8. The van der Waals surface area contributed by atoms with Crippen molar-refractivity contribution >= 4 is 108 Å². The molecule has 2 aliphatic rings. The van der Waals surface area contributed by atoms with E-state index in [1.54, 1.807) is 0 Å². The second-order valence-electron chi connectivity index (χ2n) is 10.2. The number of rotatable bonds is 7. The Kier molecular flexibility index (Phi) is 10.1. The normalized spacial score (nSPS) is 21.2. The number of hydrazine groups is 1. The van der Waals surface area contributed by atoms with Crippen molar-refractivity contribution in [1.82, 2.24) is 10.0 Å². The molecule has 0 bridgehead atoms. The number of carbonyl (C=O) groups excluding carboxylic acids is 5. The molecule has 1 heterocycles. The standard InChI is InChI=1S/C30H20Br2Cl4N2O6/c31-22-11-20-21(12-23(22)32)29(42)38(28(20)41)37(27(40)18-7-3-15(33)9-24(18)35)13-26(39)14-1-5-17(6-2-14)44-30(43)19-8-4-16(34)10-25(19)36/h1-10,20-23H,11-13H2/t20-,21+,22+,23-. The van der Waals surface area contributed by atoms with Crippen LogP contribution in [0.1, 0.15) is 43.9 Å². The molecule has 2 fully saturated rings. The fraction of sp³-hybridized carbons (Fsp3) is 0.233. The number of benzene rings is 3. The SMILES string of the molecule is O=C(CN(C(=O)c1ccc(Cl)cc1Cl)N1C(=O)[C@H]2C[C@@H](Br)[C@@H](Br)C[C@H]2C1=O)c1ccc(OC(=O)c2ccc(Cl)cc2Cl)cc1. The number of Topliss-reactive ketones (excluding diaryl/α,β-unsaturated/α-hetero) is 1. The highest BCUT2D eigenvalue weighted by molar-refractivity contribution is 9.12. The lowest BCUT2D eigenvalue weighted by Crippen LogP contribution is -2.52. The minimum absolute atomic E-state index is 0.00976. The van der Waals surface area contributed by atoms with Crippen LogP contribution < -0.4 is 4.74 Å². The molecule has 5 rings (SSSR count). The Morgan fingerprint density at radius 1 is 0.773 bits per heavy atom. The van der Waals surface area contributed by atoms with Crippen molar-refractivity contribution in [2.75, 3.05) is 6.54 Å². The van der Waals surface area contributed by atoms with Crippen LogP contribution in [-0.2, 0) is 9.59 Å². The number of alkyl halides is 2. The molecule has 14 heteroatoms. The van der Waals surface area contributed by atoms with Gasteiger partial charge in [-0.15, -0.1) is 0 Å². The molecule has 1 aliphatic heterocycles. The van der Waals surface area contributed by atoms with E-state index in [2.05, 4.69) is 31.9 Å². The fourth-order valence-corrected chi connectivity index (χ4v) is 7.32. The van der Waals surface area contributed by atoms with E-state index in [4.69, 9.17) is 51.1 Å². The van der Waals surface area contributed by atoms with E-state index in [1.165, 1.54) is 60.7 Å². The zero-order valence-corrected chi connectivity index (χ0v) is 28.5. The summed E-state index contributed by atoms with van der Waals surface area (Å²) in [6.07, 6.45) is 0.751. The van der Waals surface area contributed by atoms with Gasteiger partial charge < -0.3 is 4.74 Å². The molecular weight excluding hydrogens is 786 g/mol. The van der Waals surface area contributed by atoms with Crippen molar-refractivity contribution in [3.8, 4) is 5.75 Å². The highest BCUT2D eigenvalue weighted by Crippen LogP contribution is 2.44. The van der Waals surface area contributed by atoms with Gasteiger partial charge in [0.25, 0.3) is 17.7 Å². The number of halogens is 6. The summed E-state index contributed by atoms with van der Waals surface area (Å²) in [6.45, 7) is -0.649. The van der Waals surface area contributed by atoms with E-state index >= 15 is 0 Å². The predicted molar refractivity (Wildman–Crippen MR) is 173 cm³/mol. The Labute approximate surface area is 288 Å². The Hall–Kier alpha value is -2.47. The second-order valence-corrected chi connectivity index (χ2v) is 14.2. The molecule has 1 aliphatic carbocycles. The number of amides is 3. The van der Waals surface area contributed by atoms with Crippen LogP contribution in [0.15, 0.2) is 60.7 Å². The lowest BCUT2D eigenvalue weighted by molar-refractivity contribution is -0.154. The van der Waals surface area contributed by atoms with E-state index in [0.717, 1.165) is 10.0 Å². The molecule has 1 saturated carbocycles. The molecule has 44 heavy (non-hydrogen) atoms. The molecule has 3 amide bonds. The van der Waals surface area contributed by atoms with Gasteiger partial charge in [0.1, 0.15) is 12.3 Å². The van der Waals surface area contributed by atoms with Crippen molar-refractivity contribution in [3.05, 3.63) is 97.4 Å². The van der Waals surface area contributed by atoms with Gasteiger partial charge in [-0.2, -0.15) is 5.01 Å². The molecule has 3 aromatic carbocycles. The zero-order chi connectivity index (χ0) is 31.9. The smallest absolute Gasteiger partial charge is 0.345 e. The monoisotopic (exact) mass is 802 g/mol. The number of esters is 1. The van der Waals surface area contributed by atoms with Gasteiger partial charge in [0.2, 0.25) is 0 Å². The van der Waals surface area contributed by atoms with Crippen LogP contribution in [0.5, 0.6) is 5.75 Å². The van der Waals surface area contributed by atoms with E-state index in [-0.39, 0.29) is 47.2 Å². The molecular formula is C30H20Br2Cl4N2O6. The van der Waals surface area contributed by atoms with Crippen LogP contribution >= 0.6 is 78.3 Å². The van der Waals surface area contributed by atoms with E-state index < -0.39 is 47.9 Å². The summed E-state index contributed by atoms with van der Waals surface area (Å²) < 4.78 is 5.36. The van der Waals surface area contributed by atoms with Crippen LogP contribution in [-0.4, -0.2) is 55.7 Å². The number of nitrogens with zero attached hydrogens (tertiary/aromatic N) is 2. The maximum atomic E-state index is 13.8. The van der Waals surface area contributed by atoms with E-state index in [1.807, 2.05) is 0 Å². The summed E-state index contributed by atoms with van der Waals surface area (Å²) in [5.74, 6) is -4.47. The molecule has 4 atom stereocenters. The highest BCUT2D eigenvalue weighted by atomic mass is 79.9. The maximum absolute atomic E-state index is 13.8. The minimum atomic E-state index is -0.823.